The molecule has 0 aliphatic rings. The van der Waals surface area contributed by atoms with E-state index in [1.54, 1.807) is 13.4 Å². The van der Waals surface area contributed by atoms with Crippen LogP contribution >= 0.6 is 0 Å². The maximum absolute atomic E-state index is 12.6. The summed E-state index contributed by atoms with van der Waals surface area (Å²) in [6.07, 6.45) is -3.09. The first-order valence-corrected chi connectivity index (χ1v) is 8.75. The number of imidazole rings is 1. The largest absolute Gasteiger partial charge is 0.573 e. The fraction of sp³-hybridized carbons (Fsp3) is 0.300. The number of ether oxygens (including phenoxy) is 2. The number of amides is 1. The van der Waals surface area contributed by atoms with Gasteiger partial charge in [0.15, 0.2) is 0 Å². The lowest BCUT2D eigenvalue weighted by Crippen LogP contribution is -2.24. The zero-order chi connectivity index (χ0) is 21.2. The Kier molecular flexibility index (Phi) is 5.78. The van der Waals surface area contributed by atoms with Crippen LogP contribution in [0.1, 0.15) is 27.0 Å². The Bertz CT molecular complexity index is 1040. The molecular formula is C20H20F3N3O3. The van der Waals surface area contributed by atoms with Crippen molar-refractivity contribution < 1.29 is 27.4 Å². The summed E-state index contributed by atoms with van der Waals surface area (Å²) in [5, 5.41) is 2.82. The van der Waals surface area contributed by atoms with Gasteiger partial charge in [-0.3, -0.25) is 4.79 Å². The van der Waals surface area contributed by atoms with Gasteiger partial charge in [0.05, 0.1) is 24.0 Å². The first-order valence-electron chi connectivity index (χ1n) is 8.75. The van der Waals surface area contributed by atoms with Gasteiger partial charge in [0.1, 0.15) is 5.75 Å². The maximum atomic E-state index is 12.6. The Morgan fingerprint density at radius 2 is 2.00 bits per heavy atom. The molecule has 1 N–H and O–H groups in total. The Labute approximate surface area is 165 Å². The van der Waals surface area contributed by atoms with Crippen LogP contribution in [-0.4, -0.2) is 28.9 Å². The van der Waals surface area contributed by atoms with E-state index < -0.39 is 12.3 Å². The van der Waals surface area contributed by atoms with Gasteiger partial charge in [-0.1, -0.05) is 6.07 Å². The van der Waals surface area contributed by atoms with E-state index in [1.165, 1.54) is 19.1 Å². The number of aryl methyl sites for hydroxylation is 2. The number of nitrogens with zero attached hydrogens (tertiary/aromatic N) is 2. The average Bonchev–Trinajstić information content (AvgIpc) is 3.02. The molecule has 0 bridgehead atoms. The molecule has 9 heteroatoms. The van der Waals surface area contributed by atoms with Crippen molar-refractivity contribution in [3.05, 3.63) is 58.9 Å². The average molecular weight is 407 g/mol. The highest BCUT2D eigenvalue weighted by Gasteiger charge is 2.31. The van der Waals surface area contributed by atoms with E-state index in [2.05, 4.69) is 15.0 Å². The Hall–Kier alpha value is -3.07. The molecule has 0 saturated carbocycles. The molecule has 6 nitrogen and oxygen atoms in total. The summed E-state index contributed by atoms with van der Waals surface area (Å²) in [4.78, 5) is 16.9. The maximum Gasteiger partial charge on any atom is 0.573 e. The Balaban J connectivity index is 1.81. The number of halogens is 3. The van der Waals surface area contributed by atoms with E-state index in [1.807, 2.05) is 23.7 Å². The van der Waals surface area contributed by atoms with E-state index >= 15 is 0 Å². The molecular weight excluding hydrogens is 387 g/mol. The monoisotopic (exact) mass is 407 g/mol. The zero-order valence-corrected chi connectivity index (χ0v) is 16.1. The third-order valence-corrected chi connectivity index (χ3v) is 4.47. The smallest absolute Gasteiger partial charge is 0.406 e. The molecule has 1 heterocycles. The van der Waals surface area contributed by atoms with E-state index in [9.17, 15) is 18.0 Å². The van der Waals surface area contributed by atoms with Crippen LogP contribution in [0.5, 0.6) is 5.75 Å². The SMILES string of the molecule is COCc1ccc2ncn(C)c2c1CNC(=O)c1ccc(OC(F)(F)F)c(C)c1. The fourth-order valence-electron chi connectivity index (χ4n) is 3.16. The standard InChI is InChI=1S/C20H20F3N3O3/c1-12-8-13(5-7-17(12)29-20(21,22)23)19(27)24-9-15-14(10-28-3)4-6-16-18(15)26(2)11-25-16/h4-8,11H,9-10H2,1-3H3,(H,24,27). The summed E-state index contributed by atoms with van der Waals surface area (Å²) in [6.45, 7) is 2.04. The van der Waals surface area contributed by atoms with Gasteiger partial charge in [0, 0.05) is 31.8 Å². The van der Waals surface area contributed by atoms with Gasteiger partial charge in [-0.2, -0.15) is 0 Å². The number of aromatic nitrogens is 2. The topological polar surface area (TPSA) is 65.4 Å². The second kappa shape index (κ2) is 8.12. The van der Waals surface area contributed by atoms with Gasteiger partial charge in [-0.15, -0.1) is 13.2 Å². The molecule has 0 aliphatic carbocycles. The highest BCUT2D eigenvalue weighted by molar-refractivity contribution is 5.95. The van der Waals surface area contributed by atoms with Crippen LogP contribution in [-0.2, 0) is 24.9 Å². The molecule has 0 atom stereocenters. The summed E-state index contributed by atoms with van der Waals surface area (Å²) in [5.41, 5.74) is 3.90. The number of alkyl halides is 3. The highest BCUT2D eigenvalue weighted by Crippen LogP contribution is 2.27. The van der Waals surface area contributed by atoms with Gasteiger partial charge < -0.3 is 19.4 Å². The minimum atomic E-state index is -4.78. The molecule has 3 aromatic rings. The van der Waals surface area contributed by atoms with Crippen LogP contribution in [0.25, 0.3) is 11.0 Å². The van der Waals surface area contributed by atoms with Gasteiger partial charge in [0.2, 0.25) is 0 Å². The number of hydrogen-bond donors (Lipinski definition) is 1. The van der Waals surface area contributed by atoms with Crippen molar-refractivity contribution in [2.24, 2.45) is 7.05 Å². The summed E-state index contributed by atoms with van der Waals surface area (Å²) < 4.78 is 48.3. The summed E-state index contributed by atoms with van der Waals surface area (Å²) in [7, 11) is 3.45. The third kappa shape index (κ3) is 4.68. The fourth-order valence-corrected chi connectivity index (χ4v) is 3.16. The summed E-state index contributed by atoms with van der Waals surface area (Å²) in [5.74, 6) is -0.745. The number of benzene rings is 2. The number of carbonyl (C=O) groups excluding carboxylic acids is 1. The molecule has 0 fully saturated rings. The first kappa shape index (κ1) is 20.7. The van der Waals surface area contributed by atoms with Crippen molar-refractivity contribution >= 4 is 16.9 Å². The second-order valence-corrected chi connectivity index (χ2v) is 6.57. The van der Waals surface area contributed by atoms with Gasteiger partial charge in [-0.05, 0) is 42.3 Å². The van der Waals surface area contributed by atoms with Crippen molar-refractivity contribution in [2.45, 2.75) is 26.4 Å². The molecule has 29 heavy (non-hydrogen) atoms. The van der Waals surface area contributed by atoms with Crippen LogP contribution < -0.4 is 10.1 Å². The number of hydrogen-bond acceptors (Lipinski definition) is 4. The summed E-state index contributed by atoms with van der Waals surface area (Å²) in [6, 6.07) is 7.57. The lowest BCUT2D eigenvalue weighted by atomic mass is 10.1. The van der Waals surface area contributed by atoms with Crippen molar-refractivity contribution in [1.82, 2.24) is 14.9 Å². The number of methoxy groups -OCH3 is 1. The lowest BCUT2D eigenvalue weighted by Gasteiger charge is -2.14. The zero-order valence-electron chi connectivity index (χ0n) is 16.1. The van der Waals surface area contributed by atoms with E-state index in [-0.39, 0.29) is 23.4 Å². The molecule has 154 valence electrons. The molecule has 0 radical (unpaired) electrons. The van der Waals surface area contributed by atoms with Crippen LogP contribution in [0.2, 0.25) is 0 Å². The molecule has 2 aromatic carbocycles. The second-order valence-electron chi connectivity index (χ2n) is 6.57. The summed E-state index contributed by atoms with van der Waals surface area (Å²) >= 11 is 0. The van der Waals surface area contributed by atoms with Crippen molar-refractivity contribution in [2.75, 3.05) is 7.11 Å². The van der Waals surface area contributed by atoms with Gasteiger partial charge in [-0.25, -0.2) is 4.98 Å². The minimum Gasteiger partial charge on any atom is -0.406 e. The number of rotatable bonds is 6. The molecule has 1 aromatic heterocycles. The number of fused-ring (bicyclic) bond motifs is 1. The lowest BCUT2D eigenvalue weighted by molar-refractivity contribution is -0.274. The van der Waals surface area contributed by atoms with Crippen LogP contribution in [0, 0.1) is 6.92 Å². The molecule has 1 amide bonds. The van der Waals surface area contributed by atoms with Crippen LogP contribution in [0.15, 0.2) is 36.7 Å². The Morgan fingerprint density at radius 1 is 1.24 bits per heavy atom. The number of nitrogens with one attached hydrogen (secondary N) is 1. The molecule has 0 saturated heterocycles. The highest BCUT2D eigenvalue weighted by atomic mass is 19.4. The van der Waals surface area contributed by atoms with E-state index in [0.29, 0.717) is 6.61 Å². The molecule has 0 aliphatic heterocycles. The first-order chi connectivity index (χ1) is 13.7. The van der Waals surface area contributed by atoms with E-state index in [0.717, 1.165) is 28.2 Å². The molecule has 0 unspecified atom stereocenters. The van der Waals surface area contributed by atoms with Crippen molar-refractivity contribution in [3.8, 4) is 5.75 Å². The van der Waals surface area contributed by atoms with Crippen molar-refractivity contribution in [3.63, 3.8) is 0 Å². The predicted molar refractivity (Wildman–Crippen MR) is 100 cm³/mol. The van der Waals surface area contributed by atoms with Crippen LogP contribution in [0.4, 0.5) is 13.2 Å². The molecule has 0 spiro atoms. The van der Waals surface area contributed by atoms with Crippen molar-refractivity contribution in [1.29, 1.82) is 0 Å². The minimum absolute atomic E-state index is 0.212. The number of carbonyl (C=O) groups is 1. The van der Waals surface area contributed by atoms with Gasteiger partial charge >= 0.3 is 6.36 Å². The normalized spacial score (nSPS) is 11.7. The van der Waals surface area contributed by atoms with Gasteiger partial charge in [0.25, 0.3) is 5.91 Å². The third-order valence-electron chi connectivity index (χ3n) is 4.47. The van der Waals surface area contributed by atoms with Crippen LogP contribution in [0.3, 0.4) is 0 Å². The molecule has 3 rings (SSSR count). The van der Waals surface area contributed by atoms with E-state index in [4.69, 9.17) is 4.74 Å². The predicted octanol–water partition coefficient (Wildman–Crippen LogP) is 3.86. The Morgan fingerprint density at radius 3 is 2.66 bits per heavy atom. The quantitative estimate of drug-likeness (QED) is 0.674.